The monoisotopic (exact) mass is 840 g/mol. The van der Waals surface area contributed by atoms with Crippen LogP contribution in [0.4, 0.5) is 11.4 Å². The van der Waals surface area contributed by atoms with Crippen LogP contribution in [0.3, 0.4) is 0 Å². The van der Waals surface area contributed by atoms with Crippen LogP contribution in [-0.2, 0) is 0 Å². The van der Waals surface area contributed by atoms with Crippen molar-refractivity contribution in [1.29, 1.82) is 0 Å². The molecule has 0 amide bonds. The summed E-state index contributed by atoms with van der Waals surface area (Å²) in [6.07, 6.45) is 0. The van der Waals surface area contributed by atoms with Gasteiger partial charge in [-0.3, -0.25) is 0 Å². The number of hydrogen-bond donors (Lipinski definition) is 0. The van der Waals surface area contributed by atoms with E-state index in [4.69, 9.17) is 69.6 Å². The summed E-state index contributed by atoms with van der Waals surface area (Å²) < 4.78 is 4.01. The van der Waals surface area contributed by atoms with Crippen LogP contribution in [0.1, 0.15) is 11.1 Å². The van der Waals surface area contributed by atoms with Crippen LogP contribution >= 0.6 is 69.6 Å². The first-order valence-electron chi connectivity index (χ1n) is 12.7. The molecule has 0 fully saturated rings. The van der Waals surface area contributed by atoms with Crippen LogP contribution in [0, 0.1) is 13.8 Å². The van der Waals surface area contributed by atoms with Gasteiger partial charge in [-0.15, -0.1) is 0 Å². The normalized spacial score (nSPS) is 11.2. The molecule has 4 aromatic carbocycles. The van der Waals surface area contributed by atoms with Crippen molar-refractivity contribution in [2.75, 3.05) is 0 Å². The van der Waals surface area contributed by atoms with Gasteiger partial charge in [-0.25, -0.2) is 0 Å². The van der Waals surface area contributed by atoms with E-state index in [-0.39, 0.29) is 40.6 Å². The van der Waals surface area contributed by atoms with E-state index in [2.05, 4.69) is 10.2 Å². The van der Waals surface area contributed by atoms with Crippen molar-refractivity contribution in [1.82, 2.24) is 7.12 Å². The number of rotatable bonds is 4. The maximum absolute atomic E-state index is 13.1. The van der Waals surface area contributed by atoms with Gasteiger partial charge in [-0.1, -0.05) is 69.6 Å². The van der Waals surface area contributed by atoms with Crippen LogP contribution in [0.15, 0.2) is 105 Å². The van der Waals surface area contributed by atoms with Gasteiger partial charge < -0.3 is 0 Å². The molecule has 0 aliphatic rings. The standard InChI is InChI=1S/C28H20N4O2Se2.2CHCl3/c1-17-9-13-19(14-10-17)31-27(33)21-5-3-7-23(25(21)35-31)29-30-24-8-4-6-22-26(24)36-32(28(22)34)20-15-11-18(2)12-16-20;2*2-1(3)4/h3-16H,1-2H3;2*1H. The molecular formula is C30H22Cl6N4O2Se2. The van der Waals surface area contributed by atoms with E-state index in [1.165, 1.54) is 0 Å². The maximum Gasteiger partial charge on any atom is 0.180 e. The number of hydrogen-bond acceptors (Lipinski definition) is 4. The molecule has 0 radical (unpaired) electrons. The summed E-state index contributed by atoms with van der Waals surface area (Å²) in [6, 6.07) is 27.2. The minimum Gasteiger partial charge on any atom is -0.0874 e. The molecule has 6 rings (SSSR count). The predicted molar refractivity (Wildman–Crippen MR) is 189 cm³/mol. The number of azo groups is 1. The molecule has 2 heterocycles. The number of nitrogens with zero attached hydrogens (tertiary/aromatic N) is 4. The first-order chi connectivity index (χ1) is 21.0. The van der Waals surface area contributed by atoms with Crippen LogP contribution in [0.5, 0.6) is 0 Å². The number of benzene rings is 4. The van der Waals surface area contributed by atoms with E-state index < -0.39 is 8.59 Å². The Labute approximate surface area is 295 Å². The van der Waals surface area contributed by atoms with Crippen molar-refractivity contribution >= 4 is 130 Å². The molecule has 0 aliphatic heterocycles. The fourth-order valence-corrected chi connectivity index (χ4v) is 8.42. The van der Waals surface area contributed by atoms with E-state index in [1.807, 2.05) is 106 Å². The summed E-state index contributed by atoms with van der Waals surface area (Å²) in [5.41, 5.74) is 5.47. The number of alkyl halides is 6. The van der Waals surface area contributed by atoms with E-state index in [1.54, 1.807) is 0 Å². The molecule has 0 bridgehead atoms. The maximum atomic E-state index is 13.1. The zero-order valence-electron chi connectivity index (χ0n) is 22.9. The zero-order chi connectivity index (χ0) is 32.0. The minimum atomic E-state index is -0.750. The van der Waals surface area contributed by atoms with Crippen molar-refractivity contribution < 1.29 is 0 Å². The van der Waals surface area contributed by atoms with Crippen molar-refractivity contribution in [2.24, 2.45) is 10.2 Å². The Morgan fingerprint density at radius 1 is 0.545 bits per heavy atom. The average Bonchev–Trinajstić information content (AvgIpc) is 3.50. The topological polar surface area (TPSA) is 68.7 Å². The second-order valence-corrected chi connectivity index (χ2v) is 17.0. The fourth-order valence-electron chi connectivity index (χ4n) is 4.03. The van der Waals surface area contributed by atoms with Gasteiger partial charge in [-0.05, 0) is 0 Å². The predicted octanol–water partition coefficient (Wildman–Crippen LogP) is 9.41. The summed E-state index contributed by atoms with van der Waals surface area (Å²) in [7, 11) is 0. The van der Waals surface area contributed by atoms with Gasteiger partial charge in [0.25, 0.3) is 0 Å². The van der Waals surface area contributed by atoms with Crippen molar-refractivity contribution in [2.45, 2.75) is 22.4 Å². The van der Waals surface area contributed by atoms with Crippen LogP contribution in [0.25, 0.3) is 30.7 Å². The summed E-state index contributed by atoms with van der Waals surface area (Å²) in [4.78, 5) is 26.2. The van der Waals surface area contributed by atoms with E-state index in [0.717, 1.165) is 31.0 Å². The molecule has 6 aromatic rings. The van der Waals surface area contributed by atoms with Gasteiger partial charge in [0.2, 0.25) is 0 Å². The Morgan fingerprint density at radius 2 is 0.864 bits per heavy atom. The first-order valence-corrected chi connectivity index (χ1v) is 18.5. The molecule has 44 heavy (non-hydrogen) atoms. The third-order valence-electron chi connectivity index (χ3n) is 5.99. The molecule has 0 N–H and O–H groups in total. The molecule has 0 saturated carbocycles. The summed E-state index contributed by atoms with van der Waals surface area (Å²) in [5.74, 6) is 0. The molecule has 14 heteroatoms. The summed E-state index contributed by atoms with van der Waals surface area (Å²) >= 11 is 28.4. The summed E-state index contributed by atoms with van der Waals surface area (Å²) in [5, 5.41) is 10.5. The fraction of sp³-hybridized carbons (Fsp3) is 0.133. The Hall–Kier alpha value is -1.80. The van der Waals surface area contributed by atoms with Gasteiger partial charge >= 0.3 is 219 Å². The smallest absolute Gasteiger partial charge is 0.0874 e. The quantitative estimate of drug-likeness (QED) is 0.101. The van der Waals surface area contributed by atoms with Gasteiger partial charge in [0.05, 0.1) is 0 Å². The van der Waals surface area contributed by atoms with E-state index in [0.29, 0.717) is 22.1 Å². The van der Waals surface area contributed by atoms with Crippen LogP contribution < -0.4 is 11.1 Å². The SMILES string of the molecule is Cc1ccc(-n2[se]c3c(N=Nc4cccc5c(=O)n(-c6ccc(C)cc6)[se]c45)cccc3c2=O)cc1.ClC(Cl)Cl.ClC(Cl)Cl. The third-order valence-corrected chi connectivity index (χ3v) is 10.9. The molecule has 228 valence electrons. The zero-order valence-corrected chi connectivity index (χ0v) is 30.9. The molecule has 6 nitrogen and oxygen atoms in total. The molecule has 0 atom stereocenters. The Balaban J connectivity index is 0.000000496. The van der Waals surface area contributed by atoms with Gasteiger partial charge in [-0.2, -0.15) is 0 Å². The Bertz CT molecular complexity index is 1860. The molecule has 2 aromatic heterocycles. The van der Waals surface area contributed by atoms with Crippen molar-refractivity contribution in [3.8, 4) is 11.4 Å². The van der Waals surface area contributed by atoms with E-state index >= 15 is 0 Å². The Kier molecular flexibility index (Phi) is 12.9. The molecule has 0 aliphatic carbocycles. The first kappa shape index (κ1) is 35.1. The largest absolute Gasteiger partial charge is 0.180 e. The minimum absolute atomic E-state index is 0.00539. The number of fused-ring (bicyclic) bond motifs is 2. The second-order valence-electron chi connectivity index (χ2n) is 9.06. The van der Waals surface area contributed by atoms with E-state index in [9.17, 15) is 9.59 Å². The summed E-state index contributed by atoms with van der Waals surface area (Å²) in [6.45, 7) is 4.06. The molecular weight excluding hydrogens is 819 g/mol. The van der Waals surface area contributed by atoms with Gasteiger partial charge in [0.15, 0.2) is 8.59 Å². The second kappa shape index (κ2) is 16.2. The van der Waals surface area contributed by atoms with Crippen molar-refractivity contribution in [3.63, 3.8) is 0 Å². The van der Waals surface area contributed by atoms with Gasteiger partial charge in [0, 0.05) is 0 Å². The molecule has 0 unspecified atom stereocenters. The molecule has 0 spiro atoms. The van der Waals surface area contributed by atoms with Crippen LogP contribution in [-0.4, -0.2) is 45.2 Å². The van der Waals surface area contributed by atoms with Crippen LogP contribution in [0.2, 0.25) is 0 Å². The van der Waals surface area contributed by atoms with Crippen molar-refractivity contribution in [3.05, 3.63) is 117 Å². The number of aromatic nitrogens is 2. The average molecular weight is 841 g/mol. The Morgan fingerprint density at radius 3 is 1.18 bits per heavy atom. The number of aryl methyl sites for hydroxylation is 2. The number of halogens is 6. The van der Waals surface area contributed by atoms with Gasteiger partial charge in [0.1, 0.15) is 0 Å². The molecule has 0 saturated heterocycles. The third kappa shape index (κ3) is 8.92.